The van der Waals surface area contributed by atoms with Crippen molar-refractivity contribution >= 4 is 17.5 Å². The second-order valence-electron chi connectivity index (χ2n) is 3.31. The van der Waals surface area contributed by atoms with Gasteiger partial charge in [-0.2, -0.15) is 5.10 Å². The highest BCUT2D eigenvalue weighted by atomic mass is 16.2. The first kappa shape index (κ1) is 11.4. The van der Waals surface area contributed by atoms with Crippen LogP contribution in [0.5, 0.6) is 0 Å². The summed E-state index contributed by atoms with van der Waals surface area (Å²) in [7, 11) is 1.72. The average molecular weight is 211 g/mol. The molecule has 0 saturated heterocycles. The zero-order valence-electron chi connectivity index (χ0n) is 9.08. The SMILES string of the molecule is CCCCNC(=O)Nc1c(N)cnn1C. The van der Waals surface area contributed by atoms with Gasteiger partial charge < -0.3 is 11.1 Å². The molecule has 0 aliphatic carbocycles. The molecule has 0 bridgehead atoms. The third-order valence-electron chi connectivity index (χ3n) is 2.01. The number of carbonyl (C=O) groups is 1. The van der Waals surface area contributed by atoms with Gasteiger partial charge in [0.25, 0.3) is 0 Å². The van der Waals surface area contributed by atoms with Crippen molar-refractivity contribution in [3.05, 3.63) is 6.20 Å². The number of carbonyl (C=O) groups excluding carboxylic acids is 1. The topological polar surface area (TPSA) is 85.0 Å². The molecule has 1 aromatic rings. The summed E-state index contributed by atoms with van der Waals surface area (Å²) < 4.78 is 1.52. The summed E-state index contributed by atoms with van der Waals surface area (Å²) in [6.07, 6.45) is 3.52. The van der Waals surface area contributed by atoms with Crippen LogP contribution in [0.25, 0.3) is 0 Å². The molecule has 6 nitrogen and oxygen atoms in total. The van der Waals surface area contributed by atoms with E-state index in [0.717, 1.165) is 12.8 Å². The predicted octanol–water partition coefficient (Wildman–Crippen LogP) is 0.924. The van der Waals surface area contributed by atoms with Crippen molar-refractivity contribution in [1.82, 2.24) is 15.1 Å². The van der Waals surface area contributed by atoms with Crippen LogP contribution in [0.1, 0.15) is 19.8 Å². The number of hydrogen-bond acceptors (Lipinski definition) is 3. The van der Waals surface area contributed by atoms with E-state index in [0.29, 0.717) is 18.1 Å². The van der Waals surface area contributed by atoms with E-state index in [9.17, 15) is 4.79 Å². The number of rotatable bonds is 4. The summed E-state index contributed by atoms with van der Waals surface area (Å²) in [5.41, 5.74) is 6.08. The molecule has 1 aromatic heterocycles. The first-order valence-electron chi connectivity index (χ1n) is 4.97. The highest BCUT2D eigenvalue weighted by molar-refractivity contribution is 5.91. The Morgan fingerprint density at radius 1 is 1.67 bits per heavy atom. The second-order valence-corrected chi connectivity index (χ2v) is 3.31. The van der Waals surface area contributed by atoms with Crippen molar-refractivity contribution in [2.24, 2.45) is 7.05 Å². The number of nitrogen functional groups attached to an aromatic ring is 1. The smallest absolute Gasteiger partial charge is 0.320 e. The number of hydrogen-bond donors (Lipinski definition) is 3. The fourth-order valence-corrected chi connectivity index (χ4v) is 1.14. The third-order valence-corrected chi connectivity index (χ3v) is 2.01. The number of unbranched alkanes of at least 4 members (excludes halogenated alkanes) is 1. The van der Waals surface area contributed by atoms with Crippen LogP contribution in [-0.2, 0) is 7.05 Å². The van der Waals surface area contributed by atoms with Crippen molar-refractivity contribution in [2.45, 2.75) is 19.8 Å². The predicted molar refractivity (Wildman–Crippen MR) is 59.5 cm³/mol. The molecule has 15 heavy (non-hydrogen) atoms. The van der Waals surface area contributed by atoms with Gasteiger partial charge in [-0.3, -0.25) is 10.00 Å². The lowest BCUT2D eigenvalue weighted by atomic mass is 10.3. The Kier molecular flexibility index (Phi) is 3.96. The minimum Gasteiger partial charge on any atom is -0.394 e. The second kappa shape index (κ2) is 5.23. The number of aryl methyl sites for hydroxylation is 1. The van der Waals surface area contributed by atoms with Crippen LogP contribution in [-0.4, -0.2) is 22.4 Å². The van der Waals surface area contributed by atoms with Gasteiger partial charge in [0.1, 0.15) is 0 Å². The van der Waals surface area contributed by atoms with Crippen LogP contribution in [0.2, 0.25) is 0 Å². The number of nitrogens with one attached hydrogen (secondary N) is 2. The number of urea groups is 1. The molecule has 0 aliphatic rings. The maximum Gasteiger partial charge on any atom is 0.320 e. The molecule has 1 rings (SSSR count). The summed E-state index contributed by atoms with van der Waals surface area (Å²) in [5, 5.41) is 9.29. The minimum atomic E-state index is -0.251. The van der Waals surface area contributed by atoms with Crippen LogP contribution in [0.4, 0.5) is 16.3 Å². The highest BCUT2D eigenvalue weighted by Gasteiger charge is 2.08. The fourth-order valence-electron chi connectivity index (χ4n) is 1.14. The molecule has 0 aliphatic heterocycles. The zero-order valence-corrected chi connectivity index (χ0v) is 9.08. The lowest BCUT2D eigenvalue weighted by molar-refractivity contribution is 0.252. The summed E-state index contributed by atoms with van der Waals surface area (Å²) >= 11 is 0. The van der Waals surface area contributed by atoms with Crippen molar-refractivity contribution in [1.29, 1.82) is 0 Å². The molecule has 0 atom stereocenters. The van der Waals surface area contributed by atoms with Gasteiger partial charge in [0, 0.05) is 13.6 Å². The number of anilines is 2. The zero-order chi connectivity index (χ0) is 11.3. The Morgan fingerprint density at radius 3 is 2.93 bits per heavy atom. The largest absolute Gasteiger partial charge is 0.394 e. The average Bonchev–Trinajstić information content (AvgIpc) is 2.50. The van der Waals surface area contributed by atoms with E-state index in [4.69, 9.17) is 5.73 Å². The lowest BCUT2D eigenvalue weighted by Crippen LogP contribution is -2.30. The van der Waals surface area contributed by atoms with Gasteiger partial charge in [0.15, 0.2) is 5.82 Å². The number of amides is 2. The summed E-state index contributed by atoms with van der Waals surface area (Å²) in [4.78, 5) is 11.4. The lowest BCUT2D eigenvalue weighted by Gasteiger charge is -2.07. The third kappa shape index (κ3) is 3.16. The van der Waals surface area contributed by atoms with Gasteiger partial charge in [0.05, 0.1) is 11.9 Å². The van der Waals surface area contributed by atoms with Crippen LogP contribution >= 0.6 is 0 Å². The summed E-state index contributed by atoms with van der Waals surface area (Å²) in [6, 6.07) is -0.251. The molecule has 0 spiro atoms. The van der Waals surface area contributed by atoms with E-state index in [1.54, 1.807) is 7.05 Å². The molecule has 1 heterocycles. The normalized spacial score (nSPS) is 10.0. The van der Waals surface area contributed by atoms with Gasteiger partial charge >= 0.3 is 6.03 Å². The molecule has 0 radical (unpaired) electrons. The van der Waals surface area contributed by atoms with Gasteiger partial charge in [0.2, 0.25) is 0 Å². The van der Waals surface area contributed by atoms with Crippen molar-refractivity contribution in [3.8, 4) is 0 Å². The molecule has 0 unspecified atom stereocenters. The molecule has 4 N–H and O–H groups in total. The van der Waals surface area contributed by atoms with Crippen molar-refractivity contribution < 1.29 is 4.79 Å². The molecule has 84 valence electrons. The molecule has 6 heteroatoms. The quantitative estimate of drug-likeness (QED) is 0.647. The molecule has 2 amide bonds. The Morgan fingerprint density at radius 2 is 2.40 bits per heavy atom. The van der Waals surface area contributed by atoms with Crippen LogP contribution in [0.15, 0.2) is 6.20 Å². The van der Waals surface area contributed by atoms with Crippen LogP contribution < -0.4 is 16.4 Å². The first-order valence-corrected chi connectivity index (χ1v) is 4.97. The number of nitrogens with zero attached hydrogens (tertiary/aromatic N) is 2. The minimum absolute atomic E-state index is 0.251. The van der Waals surface area contributed by atoms with Gasteiger partial charge in [-0.1, -0.05) is 13.3 Å². The first-order chi connectivity index (χ1) is 7.15. The number of aromatic nitrogens is 2. The molecular formula is C9H17N5O. The van der Waals surface area contributed by atoms with Crippen LogP contribution in [0.3, 0.4) is 0 Å². The Labute approximate surface area is 88.8 Å². The monoisotopic (exact) mass is 211 g/mol. The fraction of sp³-hybridized carbons (Fsp3) is 0.556. The van der Waals surface area contributed by atoms with E-state index < -0.39 is 0 Å². The molecule has 0 aromatic carbocycles. The number of nitrogens with two attached hydrogens (primary N) is 1. The Hall–Kier alpha value is -1.72. The maximum absolute atomic E-state index is 11.4. The van der Waals surface area contributed by atoms with E-state index in [1.807, 2.05) is 0 Å². The van der Waals surface area contributed by atoms with Gasteiger partial charge in [-0.15, -0.1) is 0 Å². The molecular weight excluding hydrogens is 194 g/mol. The van der Waals surface area contributed by atoms with E-state index in [2.05, 4.69) is 22.7 Å². The highest BCUT2D eigenvalue weighted by Crippen LogP contribution is 2.14. The molecule has 0 fully saturated rings. The van der Waals surface area contributed by atoms with E-state index >= 15 is 0 Å². The van der Waals surface area contributed by atoms with E-state index in [1.165, 1.54) is 10.9 Å². The van der Waals surface area contributed by atoms with Gasteiger partial charge in [-0.05, 0) is 6.42 Å². The standard InChI is InChI=1S/C9H17N5O/c1-3-4-5-11-9(15)13-8-7(10)6-12-14(8)2/h6H,3-5,10H2,1-2H3,(H2,11,13,15). The van der Waals surface area contributed by atoms with E-state index in [-0.39, 0.29) is 6.03 Å². The Bertz CT molecular complexity index is 314. The Balaban J connectivity index is 2.44. The van der Waals surface area contributed by atoms with Gasteiger partial charge in [-0.25, -0.2) is 4.79 Å². The summed E-state index contributed by atoms with van der Waals surface area (Å²) in [5.74, 6) is 0.518. The molecule has 0 saturated carbocycles. The van der Waals surface area contributed by atoms with Crippen molar-refractivity contribution in [3.63, 3.8) is 0 Å². The van der Waals surface area contributed by atoms with Crippen LogP contribution in [0, 0.1) is 0 Å². The maximum atomic E-state index is 11.4. The van der Waals surface area contributed by atoms with Crippen molar-refractivity contribution in [2.75, 3.05) is 17.6 Å². The summed E-state index contributed by atoms with van der Waals surface area (Å²) in [6.45, 7) is 2.73.